The van der Waals surface area contributed by atoms with Crippen LogP contribution in [0, 0.1) is 0 Å². The van der Waals surface area contributed by atoms with Crippen molar-refractivity contribution in [3.05, 3.63) is 83.8 Å². The monoisotopic (exact) mass is 483 g/mol. The van der Waals surface area contributed by atoms with E-state index in [1.165, 1.54) is 0 Å². The first kappa shape index (κ1) is 22.9. The highest BCUT2D eigenvalue weighted by Gasteiger charge is 2.18. The van der Waals surface area contributed by atoms with Crippen LogP contribution in [0.25, 0.3) is 22.0 Å². The number of ether oxygens (including phenoxy) is 2. The number of morpholine rings is 2. The summed E-state index contributed by atoms with van der Waals surface area (Å²) in [7, 11) is 0. The molecule has 1 amide bonds. The number of rotatable bonds is 5. The molecule has 4 aromatic rings. The minimum absolute atomic E-state index is 0.00866. The minimum atomic E-state index is -0.150. The number of carbonyl (C=O) groups excluding carboxylic acids is 1. The highest BCUT2D eigenvalue weighted by molar-refractivity contribution is 6.07. The number of aromatic amines is 1. The molecule has 2 aliphatic heterocycles. The molecule has 0 saturated carbocycles. The quantitative estimate of drug-likeness (QED) is 0.345. The van der Waals surface area contributed by atoms with Gasteiger partial charge in [0.1, 0.15) is 6.10 Å². The zero-order chi connectivity index (χ0) is 24.3. The Bertz CT molecular complexity index is 1340. The molecule has 8 nitrogen and oxygen atoms in total. The molecule has 2 fully saturated rings. The molecule has 0 radical (unpaired) electrons. The number of H-pyrrole nitrogens is 1. The standard InChI is InChI=1S/C28H29N5O3/c34-28(33-21-5-1-18(2-6-21)26-16-29-9-11-35-26)19-3-7-22-23(15-32-25(22)13-19)20-4-8-24(31-14-20)27-17-30-10-12-36-27/h1-8,13-15,26-27,29-30,32H,9-12,16-17H2,(H,33,34). The van der Waals surface area contributed by atoms with Gasteiger partial charge in [-0.1, -0.05) is 24.3 Å². The highest BCUT2D eigenvalue weighted by atomic mass is 16.5. The van der Waals surface area contributed by atoms with Crippen LogP contribution in [0.5, 0.6) is 0 Å². The fourth-order valence-electron chi connectivity index (χ4n) is 4.78. The number of nitrogens with one attached hydrogen (secondary N) is 4. The number of fused-ring (bicyclic) bond motifs is 1. The maximum absolute atomic E-state index is 12.9. The molecule has 2 unspecified atom stereocenters. The van der Waals surface area contributed by atoms with E-state index in [0.717, 1.165) is 65.2 Å². The van der Waals surface area contributed by atoms with E-state index in [1.54, 1.807) is 0 Å². The molecule has 0 aliphatic carbocycles. The Kier molecular flexibility index (Phi) is 6.48. The van der Waals surface area contributed by atoms with E-state index in [-0.39, 0.29) is 18.1 Å². The van der Waals surface area contributed by atoms with Crippen molar-refractivity contribution in [2.24, 2.45) is 0 Å². The van der Waals surface area contributed by atoms with Gasteiger partial charge in [-0.15, -0.1) is 0 Å². The Morgan fingerprint density at radius 2 is 1.69 bits per heavy atom. The van der Waals surface area contributed by atoms with Gasteiger partial charge < -0.3 is 30.4 Å². The lowest BCUT2D eigenvalue weighted by atomic mass is 10.0. The van der Waals surface area contributed by atoms with Crippen LogP contribution in [0.4, 0.5) is 5.69 Å². The van der Waals surface area contributed by atoms with Gasteiger partial charge in [-0.05, 0) is 35.9 Å². The van der Waals surface area contributed by atoms with E-state index in [1.807, 2.05) is 60.9 Å². The van der Waals surface area contributed by atoms with Gasteiger partial charge in [0.05, 0.1) is 25.0 Å². The Labute approximate surface area is 209 Å². The number of hydrogen-bond donors (Lipinski definition) is 4. The van der Waals surface area contributed by atoms with Crippen LogP contribution in [0.3, 0.4) is 0 Å². The number of nitrogens with zero attached hydrogens (tertiary/aromatic N) is 1. The summed E-state index contributed by atoms with van der Waals surface area (Å²) in [6.07, 6.45) is 3.89. The van der Waals surface area contributed by atoms with Crippen LogP contribution in [0.1, 0.15) is 33.8 Å². The lowest BCUT2D eigenvalue weighted by Crippen LogP contribution is -2.33. The van der Waals surface area contributed by atoms with Crippen molar-refractivity contribution in [2.45, 2.75) is 12.2 Å². The number of benzene rings is 2. The minimum Gasteiger partial charge on any atom is -0.371 e. The summed E-state index contributed by atoms with van der Waals surface area (Å²) >= 11 is 0. The molecule has 4 N–H and O–H groups in total. The number of pyridine rings is 1. The van der Waals surface area contributed by atoms with Crippen molar-refractivity contribution < 1.29 is 14.3 Å². The molecule has 2 aromatic heterocycles. The van der Waals surface area contributed by atoms with Crippen molar-refractivity contribution in [3.63, 3.8) is 0 Å². The number of amides is 1. The fourth-order valence-corrected chi connectivity index (χ4v) is 4.78. The summed E-state index contributed by atoms with van der Waals surface area (Å²) in [6.45, 7) is 4.75. The molecule has 2 atom stereocenters. The number of aromatic nitrogens is 2. The third kappa shape index (κ3) is 4.76. The highest BCUT2D eigenvalue weighted by Crippen LogP contribution is 2.30. The average Bonchev–Trinajstić information content (AvgIpc) is 3.38. The molecular weight excluding hydrogens is 454 g/mol. The molecule has 36 heavy (non-hydrogen) atoms. The summed E-state index contributed by atoms with van der Waals surface area (Å²) in [5.41, 5.74) is 6.35. The Hall–Kier alpha value is -3.56. The second-order valence-electron chi connectivity index (χ2n) is 9.14. The molecule has 4 heterocycles. The summed E-state index contributed by atoms with van der Waals surface area (Å²) in [4.78, 5) is 20.9. The third-order valence-electron chi connectivity index (χ3n) is 6.77. The lowest BCUT2D eigenvalue weighted by molar-refractivity contribution is 0.0250. The summed E-state index contributed by atoms with van der Waals surface area (Å²) in [5, 5.41) is 10.7. The molecular formula is C28H29N5O3. The zero-order valence-electron chi connectivity index (χ0n) is 19.9. The SMILES string of the molecule is O=C(Nc1ccc(C2CNCCO2)cc1)c1ccc2c(-c3ccc(C4CNCCO4)nc3)c[nH]c2c1. The fraction of sp³-hybridized carbons (Fsp3) is 0.286. The average molecular weight is 484 g/mol. The van der Waals surface area contributed by atoms with Gasteiger partial charge in [0.25, 0.3) is 5.91 Å². The molecule has 8 heteroatoms. The topological polar surface area (TPSA) is 100 Å². The second kappa shape index (κ2) is 10.2. The second-order valence-corrected chi connectivity index (χ2v) is 9.14. The Morgan fingerprint density at radius 3 is 2.39 bits per heavy atom. The van der Waals surface area contributed by atoms with Crippen molar-refractivity contribution in [1.82, 2.24) is 20.6 Å². The summed E-state index contributed by atoms with van der Waals surface area (Å²) in [6, 6.07) is 17.7. The van der Waals surface area contributed by atoms with E-state index in [2.05, 4.69) is 32.0 Å². The first-order valence-corrected chi connectivity index (χ1v) is 12.4. The van der Waals surface area contributed by atoms with Gasteiger partial charge in [0, 0.05) is 71.9 Å². The molecule has 2 aliphatic rings. The van der Waals surface area contributed by atoms with E-state index in [4.69, 9.17) is 9.47 Å². The predicted octanol–water partition coefficient (Wildman–Crippen LogP) is 3.80. The van der Waals surface area contributed by atoms with Crippen molar-refractivity contribution in [2.75, 3.05) is 44.7 Å². The van der Waals surface area contributed by atoms with Crippen LogP contribution in [0.2, 0.25) is 0 Å². The third-order valence-corrected chi connectivity index (χ3v) is 6.77. The summed E-state index contributed by atoms with van der Waals surface area (Å²) in [5.74, 6) is -0.150. The number of carbonyl (C=O) groups is 1. The molecule has 184 valence electrons. The lowest BCUT2D eigenvalue weighted by Gasteiger charge is -2.24. The van der Waals surface area contributed by atoms with Crippen molar-refractivity contribution >= 4 is 22.5 Å². The van der Waals surface area contributed by atoms with Gasteiger partial charge in [0.15, 0.2) is 0 Å². The molecule has 0 bridgehead atoms. The van der Waals surface area contributed by atoms with Crippen LogP contribution in [-0.4, -0.2) is 55.3 Å². The Balaban J connectivity index is 1.15. The molecule has 0 spiro atoms. The normalized spacial score (nSPS) is 20.3. The number of hydrogen-bond acceptors (Lipinski definition) is 6. The van der Waals surface area contributed by atoms with Crippen molar-refractivity contribution in [3.8, 4) is 11.1 Å². The van der Waals surface area contributed by atoms with E-state index < -0.39 is 0 Å². The first-order chi connectivity index (χ1) is 17.7. The molecule has 2 aromatic carbocycles. The maximum Gasteiger partial charge on any atom is 0.255 e. The van der Waals surface area contributed by atoms with Crippen LogP contribution >= 0.6 is 0 Å². The first-order valence-electron chi connectivity index (χ1n) is 12.4. The van der Waals surface area contributed by atoms with Crippen LogP contribution in [-0.2, 0) is 9.47 Å². The largest absolute Gasteiger partial charge is 0.371 e. The van der Waals surface area contributed by atoms with Gasteiger partial charge in [-0.3, -0.25) is 9.78 Å². The van der Waals surface area contributed by atoms with E-state index in [0.29, 0.717) is 18.8 Å². The van der Waals surface area contributed by atoms with Gasteiger partial charge >= 0.3 is 0 Å². The number of anilines is 1. The maximum atomic E-state index is 12.9. The molecule has 2 saturated heterocycles. The van der Waals surface area contributed by atoms with Crippen molar-refractivity contribution in [1.29, 1.82) is 0 Å². The van der Waals surface area contributed by atoms with Crippen LogP contribution in [0.15, 0.2) is 67.0 Å². The predicted molar refractivity (Wildman–Crippen MR) is 139 cm³/mol. The van der Waals surface area contributed by atoms with E-state index >= 15 is 0 Å². The molecule has 6 rings (SSSR count). The summed E-state index contributed by atoms with van der Waals surface area (Å²) < 4.78 is 11.6. The zero-order valence-corrected chi connectivity index (χ0v) is 19.9. The van der Waals surface area contributed by atoms with E-state index in [9.17, 15) is 4.79 Å². The van der Waals surface area contributed by atoms with Crippen LogP contribution < -0.4 is 16.0 Å². The van der Waals surface area contributed by atoms with Gasteiger partial charge in [0.2, 0.25) is 0 Å². The smallest absolute Gasteiger partial charge is 0.255 e. The van der Waals surface area contributed by atoms with Gasteiger partial charge in [-0.25, -0.2) is 0 Å². The Morgan fingerprint density at radius 1 is 0.917 bits per heavy atom. The van der Waals surface area contributed by atoms with Gasteiger partial charge in [-0.2, -0.15) is 0 Å².